The largest absolute Gasteiger partial charge is 0.481 e. The Labute approximate surface area is 137 Å². The third-order valence-electron chi connectivity index (χ3n) is 3.82. The maximum absolute atomic E-state index is 11.9. The summed E-state index contributed by atoms with van der Waals surface area (Å²) < 4.78 is 0.991. The number of carbonyl (C=O) groups is 2. The lowest BCUT2D eigenvalue weighted by molar-refractivity contribution is -0.142. The molecular formula is C15H19IN2O3. The highest BCUT2D eigenvalue weighted by Gasteiger charge is 2.32. The molecule has 0 bridgehead atoms. The number of hydrogen-bond donors (Lipinski definition) is 3. The molecule has 1 aromatic rings. The number of carboxylic acid groups (broad SMARTS) is 1. The molecule has 3 N–H and O–H groups in total. The molecule has 0 aliphatic heterocycles. The van der Waals surface area contributed by atoms with Crippen molar-refractivity contribution >= 4 is 40.2 Å². The van der Waals surface area contributed by atoms with Gasteiger partial charge in [-0.1, -0.05) is 18.6 Å². The van der Waals surface area contributed by atoms with Crippen molar-refractivity contribution in [3.63, 3.8) is 0 Å². The highest BCUT2D eigenvalue weighted by Crippen LogP contribution is 2.31. The van der Waals surface area contributed by atoms with E-state index in [0.29, 0.717) is 6.54 Å². The Kier molecular flexibility index (Phi) is 5.98. The van der Waals surface area contributed by atoms with Gasteiger partial charge in [0.05, 0.1) is 18.2 Å². The number of amides is 1. The maximum atomic E-state index is 11.9. The standard InChI is InChI=1S/C15H19IN2O3/c16-12-6-1-2-7-13(12)18-14(19)9-17-8-10-4-3-5-11(10)15(20)21/h1-2,6-7,10-11,17H,3-5,8-9H2,(H,18,19)(H,20,21). The molecule has 1 fully saturated rings. The first-order valence-electron chi connectivity index (χ1n) is 7.06. The number of anilines is 1. The quantitative estimate of drug-likeness (QED) is 0.639. The summed E-state index contributed by atoms with van der Waals surface area (Å²) >= 11 is 2.17. The van der Waals surface area contributed by atoms with Crippen LogP contribution in [0, 0.1) is 15.4 Å². The molecule has 1 saturated carbocycles. The lowest BCUT2D eigenvalue weighted by Crippen LogP contribution is -2.34. The summed E-state index contributed by atoms with van der Waals surface area (Å²) in [7, 11) is 0. The Morgan fingerprint density at radius 1 is 1.29 bits per heavy atom. The molecule has 1 aliphatic carbocycles. The van der Waals surface area contributed by atoms with Gasteiger partial charge >= 0.3 is 5.97 Å². The molecule has 114 valence electrons. The molecule has 1 amide bonds. The second kappa shape index (κ2) is 7.74. The third-order valence-corrected chi connectivity index (χ3v) is 4.76. The van der Waals surface area contributed by atoms with Crippen LogP contribution in [-0.4, -0.2) is 30.1 Å². The van der Waals surface area contributed by atoms with Gasteiger partial charge in [0.2, 0.25) is 5.91 Å². The first-order chi connectivity index (χ1) is 10.1. The Hall–Kier alpha value is -1.15. The van der Waals surface area contributed by atoms with Gasteiger partial charge in [-0.2, -0.15) is 0 Å². The fraction of sp³-hybridized carbons (Fsp3) is 0.467. The lowest BCUT2D eigenvalue weighted by Gasteiger charge is -2.16. The number of halogens is 1. The van der Waals surface area contributed by atoms with Gasteiger partial charge in [-0.05, 0) is 60.0 Å². The van der Waals surface area contributed by atoms with E-state index >= 15 is 0 Å². The van der Waals surface area contributed by atoms with Gasteiger partial charge in [-0.25, -0.2) is 0 Å². The molecule has 2 unspecified atom stereocenters. The van der Waals surface area contributed by atoms with E-state index in [9.17, 15) is 9.59 Å². The highest BCUT2D eigenvalue weighted by molar-refractivity contribution is 14.1. The van der Waals surface area contributed by atoms with Crippen LogP contribution in [0.2, 0.25) is 0 Å². The van der Waals surface area contributed by atoms with E-state index in [1.165, 1.54) is 0 Å². The molecule has 21 heavy (non-hydrogen) atoms. The van der Waals surface area contributed by atoms with E-state index in [4.69, 9.17) is 5.11 Å². The predicted molar refractivity (Wildman–Crippen MR) is 89.1 cm³/mol. The fourth-order valence-corrected chi connectivity index (χ4v) is 3.26. The summed E-state index contributed by atoms with van der Waals surface area (Å²) in [4.78, 5) is 22.9. The predicted octanol–water partition coefficient (Wildman–Crippen LogP) is 2.32. The van der Waals surface area contributed by atoms with E-state index in [0.717, 1.165) is 28.5 Å². The maximum Gasteiger partial charge on any atom is 0.306 e. The van der Waals surface area contributed by atoms with E-state index < -0.39 is 5.97 Å². The van der Waals surface area contributed by atoms with Gasteiger partial charge in [0.15, 0.2) is 0 Å². The van der Waals surface area contributed by atoms with Crippen LogP contribution in [0.25, 0.3) is 0 Å². The van der Waals surface area contributed by atoms with E-state index in [2.05, 4.69) is 33.2 Å². The lowest BCUT2D eigenvalue weighted by atomic mass is 9.96. The van der Waals surface area contributed by atoms with Crippen LogP contribution in [-0.2, 0) is 9.59 Å². The monoisotopic (exact) mass is 402 g/mol. The fourth-order valence-electron chi connectivity index (χ4n) is 2.73. The van der Waals surface area contributed by atoms with Gasteiger partial charge in [-0.15, -0.1) is 0 Å². The highest BCUT2D eigenvalue weighted by atomic mass is 127. The van der Waals surface area contributed by atoms with Crippen LogP contribution < -0.4 is 10.6 Å². The van der Waals surface area contributed by atoms with Gasteiger partial charge < -0.3 is 15.7 Å². The SMILES string of the molecule is O=C(CNCC1CCCC1C(=O)O)Nc1ccccc1I. The molecule has 5 nitrogen and oxygen atoms in total. The number of benzene rings is 1. The minimum absolute atomic E-state index is 0.107. The second-order valence-corrected chi connectivity index (χ2v) is 6.46. The van der Waals surface area contributed by atoms with Gasteiger partial charge in [0.1, 0.15) is 0 Å². The van der Waals surface area contributed by atoms with Crippen molar-refractivity contribution in [2.24, 2.45) is 11.8 Å². The van der Waals surface area contributed by atoms with Crippen LogP contribution >= 0.6 is 22.6 Å². The first-order valence-corrected chi connectivity index (χ1v) is 8.13. The summed E-state index contributed by atoms with van der Waals surface area (Å²) in [5, 5.41) is 15.0. The van der Waals surface area contributed by atoms with Crippen molar-refractivity contribution in [1.29, 1.82) is 0 Å². The normalized spacial score (nSPS) is 21.2. The molecule has 0 radical (unpaired) electrons. The van der Waals surface area contributed by atoms with E-state index in [1.807, 2.05) is 24.3 Å². The van der Waals surface area contributed by atoms with Gasteiger partial charge in [-0.3, -0.25) is 9.59 Å². The first kappa shape index (κ1) is 16.2. The van der Waals surface area contributed by atoms with Crippen LogP contribution in [0.15, 0.2) is 24.3 Å². The number of nitrogens with one attached hydrogen (secondary N) is 2. The van der Waals surface area contributed by atoms with Crippen LogP contribution in [0.3, 0.4) is 0 Å². The van der Waals surface area contributed by atoms with Crippen LogP contribution in [0.1, 0.15) is 19.3 Å². The summed E-state index contributed by atoms with van der Waals surface area (Å²) in [6, 6.07) is 7.58. The topological polar surface area (TPSA) is 78.4 Å². The van der Waals surface area contributed by atoms with Gasteiger partial charge in [0.25, 0.3) is 0 Å². The van der Waals surface area contributed by atoms with Crippen molar-refractivity contribution in [1.82, 2.24) is 5.32 Å². The zero-order valence-electron chi connectivity index (χ0n) is 11.6. The number of aliphatic carboxylic acids is 1. The molecule has 1 aromatic carbocycles. The molecule has 0 heterocycles. The van der Waals surface area contributed by atoms with Crippen LogP contribution in [0.4, 0.5) is 5.69 Å². The van der Waals surface area contributed by atoms with Crippen molar-refractivity contribution in [2.45, 2.75) is 19.3 Å². The number of carboxylic acids is 1. The van der Waals surface area contributed by atoms with E-state index in [1.54, 1.807) is 0 Å². The Bertz CT molecular complexity index is 521. The number of para-hydroxylation sites is 1. The Balaban J connectivity index is 1.75. The zero-order valence-corrected chi connectivity index (χ0v) is 13.8. The zero-order chi connectivity index (χ0) is 15.2. The molecule has 2 rings (SSSR count). The molecule has 6 heteroatoms. The van der Waals surface area contributed by atoms with Crippen molar-refractivity contribution in [3.8, 4) is 0 Å². The summed E-state index contributed by atoms with van der Waals surface area (Å²) in [5.74, 6) is -0.964. The van der Waals surface area contributed by atoms with Gasteiger partial charge in [0, 0.05) is 3.57 Å². The molecule has 2 atom stereocenters. The Morgan fingerprint density at radius 2 is 2.05 bits per heavy atom. The minimum atomic E-state index is -0.720. The summed E-state index contributed by atoms with van der Waals surface area (Å²) in [6.45, 7) is 0.782. The second-order valence-electron chi connectivity index (χ2n) is 5.29. The van der Waals surface area contributed by atoms with Crippen LogP contribution in [0.5, 0.6) is 0 Å². The van der Waals surface area contributed by atoms with Crippen molar-refractivity contribution in [3.05, 3.63) is 27.8 Å². The molecule has 0 spiro atoms. The average molecular weight is 402 g/mol. The summed E-state index contributed by atoms with van der Waals surface area (Å²) in [5.41, 5.74) is 0.800. The number of carbonyl (C=O) groups excluding carboxylic acids is 1. The molecular weight excluding hydrogens is 383 g/mol. The Morgan fingerprint density at radius 3 is 2.76 bits per heavy atom. The van der Waals surface area contributed by atoms with Crippen molar-refractivity contribution < 1.29 is 14.7 Å². The average Bonchev–Trinajstić information content (AvgIpc) is 2.90. The smallest absolute Gasteiger partial charge is 0.306 e. The summed E-state index contributed by atoms with van der Waals surface area (Å²) in [6.07, 6.45) is 2.62. The molecule has 0 saturated heterocycles. The van der Waals surface area contributed by atoms with Crippen molar-refractivity contribution in [2.75, 3.05) is 18.4 Å². The third kappa shape index (κ3) is 4.67. The van der Waals surface area contributed by atoms with E-state index in [-0.39, 0.29) is 24.3 Å². The number of hydrogen-bond acceptors (Lipinski definition) is 3. The minimum Gasteiger partial charge on any atom is -0.481 e. The molecule has 0 aromatic heterocycles. The molecule has 1 aliphatic rings. The number of rotatable bonds is 6.